The van der Waals surface area contributed by atoms with Gasteiger partial charge in [0.1, 0.15) is 0 Å². The summed E-state index contributed by atoms with van der Waals surface area (Å²) in [6.45, 7) is 0. The maximum Gasteiger partial charge on any atom is 0.343 e. The van der Waals surface area contributed by atoms with E-state index in [4.69, 9.17) is 0 Å². The summed E-state index contributed by atoms with van der Waals surface area (Å²) in [7, 11) is 1.73. The van der Waals surface area contributed by atoms with Gasteiger partial charge in [0, 0.05) is 12.8 Å². The normalized spacial score (nSPS) is 13.8. The van der Waals surface area contributed by atoms with E-state index in [0.717, 1.165) is 10.9 Å². The van der Waals surface area contributed by atoms with Crippen LogP contribution in [-0.2, 0) is 25.6 Å². The van der Waals surface area contributed by atoms with Gasteiger partial charge in [0.2, 0.25) is 0 Å². The van der Waals surface area contributed by atoms with E-state index in [0.29, 0.717) is 0 Å². The lowest BCUT2D eigenvalue weighted by atomic mass is 10.1. The molecular formula is C13H15N3OS. The standard InChI is InChI=1S/C13H15N3OS/c1-16-12(17)14-15-13(16)18-8-9-5-6-10-3-2-4-11(10)7-9/h5-7H,2-4,8H2,1H3,(H,14,17). The fourth-order valence-electron chi connectivity index (χ4n) is 2.32. The highest BCUT2D eigenvalue weighted by atomic mass is 32.2. The van der Waals surface area contributed by atoms with Crippen LogP contribution in [0.1, 0.15) is 23.1 Å². The molecule has 1 aromatic heterocycles. The van der Waals surface area contributed by atoms with Crippen molar-refractivity contribution in [1.82, 2.24) is 14.8 Å². The first-order valence-corrected chi connectivity index (χ1v) is 7.07. The van der Waals surface area contributed by atoms with Crippen LogP contribution in [0.3, 0.4) is 0 Å². The summed E-state index contributed by atoms with van der Waals surface area (Å²) < 4.78 is 1.54. The molecule has 0 saturated carbocycles. The van der Waals surface area contributed by atoms with Crippen molar-refractivity contribution in [3.05, 3.63) is 45.4 Å². The molecule has 1 heterocycles. The third-order valence-electron chi connectivity index (χ3n) is 3.37. The number of aromatic amines is 1. The van der Waals surface area contributed by atoms with E-state index >= 15 is 0 Å². The van der Waals surface area contributed by atoms with Gasteiger partial charge >= 0.3 is 5.69 Å². The minimum absolute atomic E-state index is 0.161. The van der Waals surface area contributed by atoms with Gasteiger partial charge < -0.3 is 0 Å². The van der Waals surface area contributed by atoms with E-state index in [9.17, 15) is 4.79 Å². The Bertz CT molecular complexity index is 629. The lowest BCUT2D eigenvalue weighted by Gasteiger charge is -2.04. The van der Waals surface area contributed by atoms with Gasteiger partial charge in [0.05, 0.1) is 0 Å². The van der Waals surface area contributed by atoms with Gasteiger partial charge in [-0.15, -0.1) is 5.10 Å². The molecule has 3 rings (SSSR count). The van der Waals surface area contributed by atoms with Crippen molar-refractivity contribution in [3.63, 3.8) is 0 Å². The lowest BCUT2D eigenvalue weighted by Crippen LogP contribution is -2.12. The highest BCUT2D eigenvalue weighted by Crippen LogP contribution is 2.26. The van der Waals surface area contributed by atoms with Crippen molar-refractivity contribution in [2.24, 2.45) is 7.05 Å². The number of nitrogens with zero attached hydrogens (tertiary/aromatic N) is 2. The second-order valence-corrected chi connectivity index (χ2v) is 5.56. The Labute approximate surface area is 109 Å². The van der Waals surface area contributed by atoms with Crippen molar-refractivity contribution in [2.45, 2.75) is 30.2 Å². The Morgan fingerprint density at radius 2 is 2.22 bits per heavy atom. The molecule has 1 aliphatic carbocycles. The average Bonchev–Trinajstić information content (AvgIpc) is 2.96. The van der Waals surface area contributed by atoms with Gasteiger partial charge in [0.25, 0.3) is 0 Å². The molecule has 1 aromatic carbocycles. The van der Waals surface area contributed by atoms with Crippen molar-refractivity contribution >= 4 is 11.8 Å². The number of hydrogen-bond acceptors (Lipinski definition) is 3. The summed E-state index contributed by atoms with van der Waals surface area (Å²) in [5.74, 6) is 0.853. The summed E-state index contributed by atoms with van der Waals surface area (Å²) >= 11 is 1.59. The molecule has 5 heteroatoms. The summed E-state index contributed by atoms with van der Waals surface area (Å²) in [6, 6.07) is 6.71. The van der Waals surface area contributed by atoms with Gasteiger partial charge in [-0.25, -0.2) is 9.89 Å². The Balaban J connectivity index is 1.74. The molecule has 18 heavy (non-hydrogen) atoms. The highest BCUT2D eigenvalue weighted by molar-refractivity contribution is 7.98. The van der Waals surface area contributed by atoms with Crippen LogP contribution in [0.5, 0.6) is 0 Å². The zero-order valence-corrected chi connectivity index (χ0v) is 11.1. The third kappa shape index (κ3) is 2.10. The predicted octanol–water partition coefficient (Wildman–Crippen LogP) is 1.89. The van der Waals surface area contributed by atoms with Crippen LogP contribution in [-0.4, -0.2) is 14.8 Å². The van der Waals surface area contributed by atoms with Crippen molar-refractivity contribution in [2.75, 3.05) is 0 Å². The predicted molar refractivity (Wildman–Crippen MR) is 71.9 cm³/mol. The summed E-state index contributed by atoms with van der Waals surface area (Å²) in [5.41, 5.74) is 4.13. The maximum atomic E-state index is 11.2. The largest absolute Gasteiger partial charge is 0.343 e. The van der Waals surface area contributed by atoms with E-state index in [1.54, 1.807) is 18.8 Å². The topological polar surface area (TPSA) is 50.7 Å². The molecule has 0 saturated heterocycles. The summed E-state index contributed by atoms with van der Waals surface area (Å²) in [4.78, 5) is 11.2. The average molecular weight is 261 g/mol. The minimum atomic E-state index is -0.161. The molecule has 0 aliphatic heterocycles. The van der Waals surface area contributed by atoms with Crippen LogP contribution in [0.2, 0.25) is 0 Å². The number of hydrogen-bond donors (Lipinski definition) is 1. The van der Waals surface area contributed by atoms with Crippen LogP contribution in [0.4, 0.5) is 0 Å². The van der Waals surface area contributed by atoms with E-state index in [1.165, 1.54) is 40.5 Å². The number of nitrogens with one attached hydrogen (secondary N) is 1. The van der Waals surface area contributed by atoms with Gasteiger partial charge in [0.15, 0.2) is 5.16 Å². The molecule has 2 aromatic rings. The maximum absolute atomic E-state index is 11.2. The first kappa shape index (κ1) is 11.6. The molecule has 4 nitrogen and oxygen atoms in total. The molecule has 0 bridgehead atoms. The van der Waals surface area contributed by atoms with Crippen molar-refractivity contribution in [1.29, 1.82) is 0 Å². The van der Waals surface area contributed by atoms with Gasteiger partial charge in [-0.3, -0.25) is 4.57 Å². The zero-order valence-electron chi connectivity index (χ0n) is 10.3. The van der Waals surface area contributed by atoms with Gasteiger partial charge in [-0.1, -0.05) is 30.0 Å². The minimum Gasteiger partial charge on any atom is -0.273 e. The molecule has 0 unspecified atom stereocenters. The third-order valence-corrected chi connectivity index (χ3v) is 4.47. The van der Waals surface area contributed by atoms with Gasteiger partial charge in [-0.05, 0) is 36.0 Å². The van der Waals surface area contributed by atoms with E-state index in [1.807, 2.05) is 0 Å². The fraction of sp³-hybridized carbons (Fsp3) is 0.385. The molecule has 94 valence electrons. The molecule has 1 aliphatic rings. The number of H-pyrrole nitrogens is 1. The molecule has 0 amide bonds. The SMILES string of the molecule is Cn1c(SCc2ccc3c(c2)CCC3)n[nH]c1=O. The molecule has 0 spiro atoms. The second kappa shape index (κ2) is 4.65. The smallest absolute Gasteiger partial charge is 0.273 e. The molecule has 0 atom stereocenters. The van der Waals surface area contributed by atoms with E-state index in [2.05, 4.69) is 28.4 Å². The van der Waals surface area contributed by atoms with Crippen LogP contribution < -0.4 is 5.69 Å². The number of aryl methyl sites for hydroxylation is 2. The highest BCUT2D eigenvalue weighted by Gasteiger charge is 2.11. The van der Waals surface area contributed by atoms with Crippen molar-refractivity contribution < 1.29 is 0 Å². The first-order valence-electron chi connectivity index (χ1n) is 6.09. The zero-order chi connectivity index (χ0) is 12.5. The van der Waals surface area contributed by atoms with Crippen LogP contribution in [0.25, 0.3) is 0 Å². The van der Waals surface area contributed by atoms with Crippen LogP contribution in [0, 0.1) is 0 Å². The first-order chi connectivity index (χ1) is 8.74. The van der Waals surface area contributed by atoms with Crippen LogP contribution >= 0.6 is 11.8 Å². The van der Waals surface area contributed by atoms with Crippen LogP contribution in [0.15, 0.2) is 28.2 Å². The molecule has 0 fully saturated rings. The molecule has 0 radical (unpaired) electrons. The fourth-order valence-corrected chi connectivity index (χ4v) is 3.19. The number of aromatic nitrogens is 3. The number of fused-ring (bicyclic) bond motifs is 1. The Kier molecular flexibility index (Phi) is 2.99. The van der Waals surface area contributed by atoms with E-state index in [-0.39, 0.29) is 5.69 Å². The van der Waals surface area contributed by atoms with E-state index < -0.39 is 0 Å². The monoisotopic (exact) mass is 261 g/mol. The Morgan fingerprint density at radius 1 is 1.39 bits per heavy atom. The van der Waals surface area contributed by atoms with Gasteiger partial charge in [-0.2, -0.15) is 0 Å². The van der Waals surface area contributed by atoms with Crippen molar-refractivity contribution in [3.8, 4) is 0 Å². The number of thioether (sulfide) groups is 1. The number of benzene rings is 1. The second-order valence-electron chi connectivity index (χ2n) is 4.62. The summed E-state index contributed by atoms with van der Waals surface area (Å²) in [5, 5.41) is 7.18. The number of rotatable bonds is 3. The summed E-state index contributed by atoms with van der Waals surface area (Å²) in [6.07, 6.45) is 3.70. The Hall–Kier alpha value is -1.49. The Morgan fingerprint density at radius 3 is 3.00 bits per heavy atom. The molecule has 1 N–H and O–H groups in total. The molecular weight excluding hydrogens is 246 g/mol. The quantitative estimate of drug-likeness (QED) is 0.858. The lowest BCUT2D eigenvalue weighted by molar-refractivity contribution is 0.766.